The fraction of sp³-hybridized carbons (Fsp3) is 0.421. The molecule has 26 heavy (non-hydrogen) atoms. The summed E-state index contributed by atoms with van der Waals surface area (Å²) in [4.78, 5) is 23.4. The summed E-state index contributed by atoms with van der Waals surface area (Å²) in [6.45, 7) is 7.58. The second kappa shape index (κ2) is 8.62. The van der Waals surface area contributed by atoms with Crippen molar-refractivity contribution >= 4 is 17.6 Å². The Balaban J connectivity index is 2.08. The summed E-state index contributed by atoms with van der Waals surface area (Å²) in [5, 5.41) is 19.3. The number of aromatic nitrogens is 2. The number of aliphatic carboxylic acids is 1. The number of carbonyl (C=O) groups is 2. The van der Waals surface area contributed by atoms with Gasteiger partial charge in [0.15, 0.2) is 0 Å². The number of carboxylic acids is 1. The van der Waals surface area contributed by atoms with Gasteiger partial charge < -0.3 is 10.4 Å². The smallest absolute Gasteiger partial charge is 0.320 e. The molecule has 0 saturated heterocycles. The van der Waals surface area contributed by atoms with Crippen molar-refractivity contribution in [3.8, 4) is 5.69 Å². The Bertz CT molecular complexity index is 781. The Morgan fingerprint density at radius 3 is 2.42 bits per heavy atom. The second-order valence-corrected chi connectivity index (χ2v) is 6.40. The van der Waals surface area contributed by atoms with E-state index in [-0.39, 0.29) is 12.5 Å². The molecule has 0 fully saturated rings. The molecule has 1 atom stereocenters. The third kappa shape index (κ3) is 4.70. The summed E-state index contributed by atoms with van der Waals surface area (Å²) in [5.41, 5.74) is 4.27. The van der Waals surface area contributed by atoms with E-state index >= 15 is 0 Å². The van der Waals surface area contributed by atoms with Crippen LogP contribution in [-0.4, -0.2) is 39.4 Å². The number of aryl methyl sites for hydroxylation is 2. The van der Waals surface area contributed by atoms with Gasteiger partial charge in [-0.2, -0.15) is 5.10 Å². The maximum atomic E-state index is 12.2. The molecule has 2 rings (SSSR count). The number of amides is 1. The Morgan fingerprint density at radius 1 is 1.19 bits per heavy atom. The van der Waals surface area contributed by atoms with Crippen molar-refractivity contribution in [2.24, 2.45) is 0 Å². The Hall–Kier alpha value is -2.67. The Labute approximate surface area is 153 Å². The van der Waals surface area contributed by atoms with Crippen LogP contribution in [0.3, 0.4) is 0 Å². The Kier molecular flexibility index (Phi) is 6.52. The van der Waals surface area contributed by atoms with E-state index in [2.05, 4.69) is 15.7 Å². The molecular formula is C19H26N4O3. The van der Waals surface area contributed by atoms with Crippen LogP contribution in [0.15, 0.2) is 24.3 Å². The summed E-state index contributed by atoms with van der Waals surface area (Å²) in [6, 6.07) is 7.25. The van der Waals surface area contributed by atoms with Crippen molar-refractivity contribution in [1.82, 2.24) is 15.1 Å². The molecule has 1 unspecified atom stereocenters. The number of hydrogen-bond acceptors (Lipinski definition) is 4. The van der Waals surface area contributed by atoms with Crippen LogP contribution in [-0.2, 0) is 9.59 Å². The lowest BCUT2D eigenvalue weighted by molar-refractivity contribution is -0.139. The average Bonchev–Trinajstić information content (AvgIpc) is 2.87. The number of benzene rings is 1. The molecule has 140 valence electrons. The van der Waals surface area contributed by atoms with Crippen LogP contribution in [0.4, 0.5) is 5.69 Å². The van der Waals surface area contributed by atoms with Crippen LogP contribution in [0.2, 0.25) is 0 Å². The number of hydrogen-bond donors (Lipinski definition) is 3. The van der Waals surface area contributed by atoms with Crippen molar-refractivity contribution in [2.45, 2.75) is 46.6 Å². The average molecular weight is 358 g/mol. The maximum Gasteiger partial charge on any atom is 0.320 e. The molecule has 7 nitrogen and oxygen atoms in total. The summed E-state index contributed by atoms with van der Waals surface area (Å²) >= 11 is 0. The minimum Gasteiger partial charge on any atom is -0.480 e. The lowest BCUT2D eigenvalue weighted by Crippen LogP contribution is -2.41. The molecule has 0 aliphatic carbocycles. The van der Waals surface area contributed by atoms with Crippen molar-refractivity contribution in [3.05, 3.63) is 41.2 Å². The molecule has 0 spiro atoms. The topological polar surface area (TPSA) is 96.3 Å². The molecule has 0 aliphatic heterocycles. The third-order valence-electron chi connectivity index (χ3n) is 4.22. The highest BCUT2D eigenvalue weighted by Crippen LogP contribution is 2.22. The zero-order chi connectivity index (χ0) is 19.3. The van der Waals surface area contributed by atoms with Crippen LogP contribution < -0.4 is 10.6 Å². The van der Waals surface area contributed by atoms with Crippen LogP contribution in [0, 0.1) is 20.8 Å². The van der Waals surface area contributed by atoms with Gasteiger partial charge in [-0.25, -0.2) is 4.68 Å². The first-order valence-corrected chi connectivity index (χ1v) is 8.72. The van der Waals surface area contributed by atoms with Crippen molar-refractivity contribution in [2.75, 3.05) is 11.9 Å². The van der Waals surface area contributed by atoms with Gasteiger partial charge in [0.25, 0.3) is 0 Å². The van der Waals surface area contributed by atoms with E-state index in [1.165, 1.54) is 0 Å². The first-order valence-electron chi connectivity index (χ1n) is 8.72. The van der Waals surface area contributed by atoms with E-state index in [0.717, 1.165) is 23.4 Å². The fourth-order valence-corrected chi connectivity index (χ4v) is 2.76. The van der Waals surface area contributed by atoms with Crippen molar-refractivity contribution in [1.29, 1.82) is 0 Å². The lowest BCUT2D eigenvalue weighted by atomic mass is 10.1. The predicted octanol–water partition coefficient (Wildman–Crippen LogP) is 2.58. The van der Waals surface area contributed by atoms with Gasteiger partial charge in [-0.05, 0) is 39.3 Å². The van der Waals surface area contributed by atoms with E-state index in [1.54, 1.807) is 4.68 Å². The fourth-order valence-electron chi connectivity index (χ4n) is 2.76. The number of anilines is 1. The normalized spacial score (nSPS) is 12.0. The number of carbonyl (C=O) groups excluding carboxylic acids is 1. The molecule has 1 aromatic heterocycles. The molecule has 1 amide bonds. The summed E-state index contributed by atoms with van der Waals surface area (Å²) < 4.78 is 1.79. The van der Waals surface area contributed by atoms with Gasteiger partial charge in [-0.15, -0.1) is 0 Å². The minimum atomic E-state index is -0.945. The molecule has 3 N–H and O–H groups in total. The monoisotopic (exact) mass is 358 g/mol. The largest absolute Gasteiger partial charge is 0.480 e. The van der Waals surface area contributed by atoms with Crippen molar-refractivity contribution in [3.63, 3.8) is 0 Å². The number of nitrogens with one attached hydrogen (secondary N) is 2. The van der Waals surface area contributed by atoms with Crippen LogP contribution in [0.5, 0.6) is 0 Å². The van der Waals surface area contributed by atoms with E-state index in [0.29, 0.717) is 17.8 Å². The molecule has 0 saturated carbocycles. The zero-order valence-electron chi connectivity index (χ0n) is 15.7. The predicted molar refractivity (Wildman–Crippen MR) is 101 cm³/mol. The van der Waals surface area contributed by atoms with Gasteiger partial charge >= 0.3 is 5.97 Å². The summed E-state index contributed by atoms with van der Waals surface area (Å²) in [5.74, 6) is -1.23. The van der Waals surface area contributed by atoms with Crippen molar-refractivity contribution < 1.29 is 14.7 Å². The number of rotatable bonds is 8. The van der Waals surface area contributed by atoms with Gasteiger partial charge in [0, 0.05) is 0 Å². The van der Waals surface area contributed by atoms with E-state index < -0.39 is 12.0 Å². The zero-order valence-corrected chi connectivity index (χ0v) is 15.7. The van der Waals surface area contributed by atoms with Crippen LogP contribution in [0.25, 0.3) is 5.69 Å². The highest BCUT2D eigenvalue weighted by atomic mass is 16.4. The summed E-state index contributed by atoms with van der Waals surface area (Å²) in [7, 11) is 0. The van der Waals surface area contributed by atoms with Crippen LogP contribution >= 0.6 is 0 Å². The van der Waals surface area contributed by atoms with E-state index in [1.807, 2.05) is 52.0 Å². The molecular weight excluding hydrogens is 332 g/mol. The molecule has 7 heteroatoms. The Morgan fingerprint density at radius 2 is 1.85 bits per heavy atom. The molecule has 0 bridgehead atoms. The van der Waals surface area contributed by atoms with E-state index in [9.17, 15) is 9.59 Å². The molecule has 2 aromatic rings. The molecule has 1 aromatic carbocycles. The van der Waals surface area contributed by atoms with Crippen LogP contribution in [0.1, 0.15) is 36.7 Å². The summed E-state index contributed by atoms with van der Waals surface area (Å²) in [6.07, 6.45) is 1.21. The maximum absolute atomic E-state index is 12.2. The quantitative estimate of drug-likeness (QED) is 0.674. The number of nitrogens with zero attached hydrogens (tertiary/aromatic N) is 2. The number of carboxylic acid groups (broad SMARTS) is 1. The minimum absolute atomic E-state index is 0.0639. The first-order chi connectivity index (χ1) is 12.3. The molecule has 0 radical (unpaired) electrons. The molecule has 0 aliphatic rings. The second-order valence-electron chi connectivity index (χ2n) is 6.40. The standard InChI is InChI=1S/C19H26N4O3/c1-5-6-16(19(25)26)20-11-17(24)21-18-13(3)22-23(14(18)4)15-9-7-12(2)8-10-15/h7-10,16,20H,5-6,11H2,1-4H3,(H,21,24)(H,25,26). The van der Waals surface area contributed by atoms with Gasteiger partial charge in [0.1, 0.15) is 6.04 Å². The van der Waals surface area contributed by atoms with Gasteiger partial charge in [0.05, 0.1) is 29.3 Å². The highest BCUT2D eigenvalue weighted by Gasteiger charge is 2.19. The highest BCUT2D eigenvalue weighted by molar-refractivity contribution is 5.93. The van der Waals surface area contributed by atoms with Gasteiger partial charge in [-0.1, -0.05) is 31.0 Å². The SMILES string of the molecule is CCCC(NCC(=O)Nc1c(C)nn(-c2ccc(C)cc2)c1C)C(=O)O. The third-order valence-corrected chi connectivity index (χ3v) is 4.22. The van der Waals surface area contributed by atoms with Gasteiger partial charge in [0.2, 0.25) is 5.91 Å². The lowest BCUT2D eigenvalue weighted by Gasteiger charge is -2.13. The first kappa shape index (κ1) is 19.7. The molecule has 1 heterocycles. The van der Waals surface area contributed by atoms with Gasteiger partial charge in [-0.3, -0.25) is 14.9 Å². The van der Waals surface area contributed by atoms with E-state index in [4.69, 9.17) is 5.11 Å².